The summed E-state index contributed by atoms with van der Waals surface area (Å²) in [5.74, 6) is -0.912. The molecule has 0 fully saturated rings. The Morgan fingerprint density at radius 2 is 1.04 bits per heavy atom. The summed E-state index contributed by atoms with van der Waals surface area (Å²) in [5.41, 5.74) is 9.06. The number of ketones is 2. The molecule has 9 aromatic rings. The number of Topliss-reactive ketones (excluding diaryl/α,β-unsaturated/α-hetero) is 2. The Morgan fingerprint density at radius 3 is 1.85 bits per heavy atom. The number of pyridine rings is 1. The van der Waals surface area contributed by atoms with E-state index in [4.69, 9.17) is 0 Å². The van der Waals surface area contributed by atoms with Crippen molar-refractivity contribution < 1.29 is 18.0 Å². The largest absolute Gasteiger partial charge is 0.290 e. The monoisotopic (exact) mass is 703 g/mol. The number of carbonyl (C=O) groups is 2. The van der Waals surface area contributed by atoms with Gasteiger partial charge in [-0.25, -0.2) is 8.42 Å². The molecule has 0 unspecified atom stereocenters. The predicted octanol–water partition coefficient (Wildman–Crippen LogP) is 9.32. The van der Waals surface area contributed by atoms with Crippen LogP contribution in [0.15, 0.2) is 154 Å². The molecule has 2 aromatic heterocycles. The van der Waals surface area contributed by atoms with E-state index in [1.165, 1.54) is 0 Å². The summed E-state index contributed by atoms with van der Waals surface area (Å²) < 4.78 is 28.9. The number of benzene rings is 7. The Kier molecular flexibility index (Phi) is 5.90. The van der Waals surface area contributed by atoms with E-state index < -0.39 is 21.4 Å². The Bertz CT molecular complexity index is 3340. The van der Waals surface area contributed by atoms with E-state index in [-0.39, 0.29) is 16.9 Å². The summed E-state index contributed by atoms with van der Waals surface area (Å²) in [6, 6.07) is 43.7. The Morgan fingerprint density at radius 1 is 0.453 bits per heavy atom. The average molecular weight is 704 g/mol. The summed E-state index contributed by atoms with van der Waals surface area (Å²) in [4.78, 5) is 40.9. The number of hydrogen-bond acceptors (Lipinski definition) is 5. The standard InChI is InChI=1S/C46H25NO5S/c48-41-23-29-19-25(13-16-30(29)31-7-1-3-10-35(31)45(41)49)28-21-38-32-8-2-4-11-36(32)46(50)47-40-18-15-26(20-37(40)39(22-28)44(38)47)27-14-17-34-33-9-5-6-12-42(33)53(51,52)43(34)24-27/h1-22,24H,23H2. The second-order valence-electron chi connectivity index (χ2n) is 13.9. The van der Waals surface area contributed by atoms with Gasteiger partial charge in [-0.2, -0.15) is 0 Å². The van der Waals surface area contributed by atoms with Gasteiger partial charge >= 0.3 is 0 Å². The topological polar surface area (TPSA) is 89.8 Å². The zero-order valence-corrected chi connectivity index (χ0v) is 28.7. The van der Waals surface area contributed by atoms with E-state index in [1.807, 2.05) is 97.1 Å². The van der Waals surface area contributed by atoms with Crippen LogP contribution in [0.25, 0.3) is 82.5 Å². The highest BCUT2D eigenvalue weighted by Crippen LogP contribution is 2.45. The van der Waals surface area contributed by atoms with Crippen molar-refractivity contribution >= 4 is 59.4 Å². The zero-order chi connectivity index (χ0) is 35.7. The van der Waals surface area contributed by atoms with E-state index in [0.717, 1.165) is 71.5 Å². The molecule has 2 aliphatic rings. The van der Waals surface area contributed by atoms with Crippen LogP contribution >= 0.6 is 0 Å². The van der Waals surface area contributed by atoms with E-state index >= 15 is 0 Å². The Balaban J connectivity index is 1.16. The Hall–Kier alpha value is -6.70. The quantitative estimate of drug-likeness (QED) is 0.132. The molecule has 0 saturated carbocycles. The third-order valence-electron chi connectivity index (χ3n) is 11.1. The van der Waals surface area contributed by atoms with E-state index in [9.17, 15) is 22.8 Å². The third-order valence-corrected chi connectivity index (χ3v) is 12.9. The molecule has 6 nitrogen and oxygen atoms in total. The number of rotatable bonds is 2. The Labute approximate surface area is 302 Å². The number of sulfone groups is 1. The van der Waals surface area contributed by atoms with Gasteiger partial charge in [0.15, 0.2) is 0 Å². The number of fused-ring (bicyclic) bond motifs is 11. The van der Waals surface area contributed by atoms with E-state index in [0.29, 0.717) is 27.0 Å². The highest BCUT2D eigenvalue weighted by molar-refractivity contribution is 7.92. The fourth-order valence-electron chi connectivity index (χ4n) is 8.63. The van der Waals surface area contributed by atoms with Crippen LogP contribution in [-0.2, 0) is 21.1 Å². The number of carbonyl (C=O) groups excluding carboxylic acids is 2. The van der Waals surface area contributed by atoms with Gasteiger partial charge < -0.3 is 0 Å². The molecular formula is C46H25NO5S. The molecule has 1 aliphatic carbocycles. The van der Waals surface area contributed by atoms with Crippen LogP contribution in [0.4, 0.5) is 0 Å². The number of hydrogen-bond donors (Lipinski definition) is 0. The third kappa shape index (κ3) is 4.02. The lowest BCUT2D eigenvalue weighted by molar-refractivity contribution is -0.114. The number of nitrogens with zero attached hydrogens (tertiary/aromatic N) is 1. The summed E-state index contributed by atoms with van der Waals surface area (Å²) >= 11 is 0. The van der Waals surface area contributed by atoms with Gasteiger partial charge in [0.25, 0.3) is 5.56 Å². The summed E-state index contributed by atoms with van der Waals surface area (Å²) in [5, 5.41) is 4.10. The molecular weight excluding hydrogens is 679 g/mol. The van der Waals surface area contributed by atoms with Gasteiger partial charge in [0.05, 0.1) is 20.8 Å². The fraction of sp³-hybridized carbons (Fsp3) is 0.0217. The molecule has 0 amide bonds. The van der Waals surface area contributed by atoms with Gasteiger partial charge in [-0.05, 0) is 86.8 Å². The highest BCUT2D eigenvalue weighted by Gasteiger charge is 2.33. The first-order chi connectivity index (χ1) is 25.8. The molecule has 7 heteroatoms. The molecule has 1 aliphatic heterocycles. The first kappa shape index (κ1) is 30.0. The van der Waals surface area contributed by atoms with Crippen LogP contribution in [0.1, 0.15) is 15.9 Å². The highest BCUT2D eigenvalue weighted by atomic mass is 32.2. The molecule has 250 valence electrons. The van der Waals surface area contributed by atoms with Gasteiger partial charge in [-0.3, -0.25) is 18.8 Å². The molecule has 0 saturated heterocycles. The van der Waals surface area contributed by atoms with Crippen LogP contribution in [0.2, 0.25) is 0 Å². The first-order valence-electron chi connectivity index (χ1n) is 17.3. The minimum absolute atomic E-state index is 0.00731. The van der Waals surface area contributed by atoms with Crippen LogP contribution in [0.5, 0.6) is 0 Å². The van der Waals surface area contributed by atoms with Crippen molar-refractivity contribution in [2.75, 3.05) is 0 Å². The molecule has 0 N–H and O–H groups in total. The fourth-order valence-corrected chi connectivity index (χ4v) is 10.3. The van der Waals surface area contributed by atoms with Crippen LogP contribution < -0.4 is 5.56 Å². The van der Waals surface area contributed by atoms with E-state index in [1.54, 1.807) is 34.7 Å². The number of aromatic nitrogens is 1. The minimum atomic E-state index is -3.66. The smallest absolute Gasteiger partial charge is 0.263 e. The average Bonchev–Trinajstić information content (AvgIpc) is 3.60. The second kappa shape index (κ2) is 10.4. The van der Waals surface area contributed by atoms with Crippen molar-refractivity contribution in [2.45, 2.75) is 16.2 Å². The summed E-state index contributed by atoms with van der Waals surface area (Å²) in [7, 11) is -3.66. The second-order valence-corrected chi connectivity index (χ2v) is 15.8. The lowest BCUT2D eigenvalue weighted by Gasteiger charge is -2.12. The van der Waals surface area contributed by atoms with Gasteiger partial charge in [0.2, 0.25) is 21.4 Å². The molecule has 0 radical (unpaired) electrons. The van der Waals surface area contributed by atoms with Crippen molar-refractivity contribution in [2.24, 2.45) is 0 Å². The van der Waals surface area contributed by atoms with Crippen LogP contribution in [-0.4, -0.2) is 24.4 Å². The molecule has 0 atom stereocenters. The molecule has 0 spiro atoms. The molecule has 3 heterocycles. The van der Waals surface area contributed by atoms with Crippen LogP contribution in [0, 0.1) is 0 Å². The van der Waals surface area contributed by atoms with Gasteiger partial charge in [-0.15, -0.1) is 0 Å². The SMILES string of the molecule is O=C1Cc2cc(-c3cc4c5ccccc5c(=O)n5c6ccc(-c7ccc8c(c7)S(=O)(=O)c7ccccc7-8)cc6c(c3)c45)ccc2-c2ccccc2C1=O. The van der Waals surface area contributed by atoms with Gasteiger partial charge in [0, 0.05) is 44.7 Å². The van der Waals surface area contributed by atoms with Crippen molar-refractivity contribution in [1.29, 1.82) is 0 Å². The van der Waals surface area contributed by atoms with Crippen molar-refractivity contribution in [3.8, 4) is 44.5 Å². The van der Waals surface area contributed by atoms with Crippen molar-refractivity contribution in [1.82, 2.24) is 4.40 Å². The summed E-state index contributed by atoms with van der Waals surface area (Å²) in [6.07, 6.45) is 0.00731. The van der Waals surface area contributed by atoms with E-state index in [2.05, 4.69) is 12.1 Å². The molecule has 0 bridgehead atoms. The minimum Gasteiger partial charge on any atom is -0.290 e. The molecule has 53 heavy (non-hydrogen) atoms. The lowest BCUT2D eigenvalue weighted by Crippen LogP contribution is -2.14. The molecule has 11 rings (SSSR count). The van der Waals surface area contributed by atoms with Crippen molar-refractivity contribution in [3.63, 3.8) is 0 Å². The maximum Gasteiger partial charge on any atom is 0.263 e. The van der Waals surface area contributed by atoms with Crippen molar-refractivity contribution in [3.05, 3.63) is 161 Å². The maximum atomic E-state index is 14.2. The van der Waals surface area contributed by atoms with Gasteiger partial charge in [-0.1, -0.05) is 97.1 Å². The zero-order valence-electron chi connectivity index (χ0n) is 27.9. The predicted molar refractivity (Wildman–Crippen MR) is 208 cm³/mol. The normalized spacial score (nSPS) is 14.4. The first-order valence-corrected chi connectivity index (χ1v) is 18.8. The lowest BCUT2D eigenvalue weighted by atomic mass is 9.92. The summed E-state index contributed by atoms with van der Waals surface area (Å²) in [6.45, 7) is 0. The maximum absolute atomic E-state index is 14.2. The molecule has 7 aromatic carbocycles. The van der Waals surface area contributed by atoms with Gasteiger partial charge in [0.1, 0.15) is 0 Å². The van der Waals surface area contributed by atoms with Crippen LogP contribution in [0.3, 0.4) is 0 Å².